The molecule has 5 rings (SSSR count). The SMILES string of the molecule is CN(C/C=C/c1ccccc1)Cc1ccc(OCC2COC(Cn3ccnc3)(c3ccc(Cl)cc3Cl)O2)cc1. The van der Waals surface area contributed by atoms with Crippen molar-refractivity contribution in [3.63, 3.8) is 0 Å². The summed E-state index contributed by atoms with van der Waals surface area (Å²) in [5.41, 5.74) is 3.14. The number of likely N-dealkylation sites (N-methyl/N-ethyl adjacent to an activating group) is 1. The van der Waals surface area contributed by atoms with Crippen molar-refractivity contribution in [1.29, 1.82) is 0 Å². The van der Waals surface area contributed by atoms with E-state index in [0.29, 0.717) is 29.8 Å². The summed E-state index contributed by atoms with van der Waals surface area (Å²) in [6, 6.07) is 23.8. The monoisotopic (exact) mass is 563 g/mol. The fourth-order valence-corrected chi connectivity index (χ4v) is 5.12. The van der Waals surface area contributed by atoms with E-state index in [0.717, 1.165) is 24.4 Å². The number of aromatic nitrogens is 2. The molecule has 1 aliphatic rings. The standard InChI is InChI=1S/C31H31Cl2N3O3/c1-35(16-5-8-24-6-3-2-4-7-24)19-25-9-12-27(13-10-25)37-20-28-21-38-31(39-28,22-36-17-15-34-23-36)29-14-11-26(32)18-30(29)33/h2-15,17-18,23,28H,16,19-22H2,1H3/b8-5+. The Bertz CT molecular complexity index is 1360. The summed E-state index contributed by atoms with van der Waals surface area (Å²) in [6.07, 6.45) is 9.35. The number of halogens is 2. The second-order valence-electron chi connectivity index (χ2n) is 9.63. The van der Waals surface area contributed by atoms with Crippen molar-refractivity contribution < 1.29 is 14.2 Å². The van der Waals surface area contributed by atoms with Gasteiger partial charge in [0.25, 0.3) is 0 Å². The first kappa shape index (κ1) is 27.4. The lowest BCUT2D eigenvalue weighted by atomic mass is 10.1. The third-order valence-electron chi connectivity index (χ3n) is 6.49. The summed E-state index contributed by atoms with van der Waals surface area (Å²) in [5, 5.41) is 1.04. The molecule has 0 radical (unpaired) electrons. The Hall–Kier alpha value is -3.13. The van der Waals surface area contributed by atoms with Crippen LogP contribution >= 0.6 is 23.2 Å². The highest BCUT2D eigenvalue weighted by molar-refractivity contribution is 6.35. The lowest BCUT2D eigenvalue weighted by Gasteiger charge is -2.30. The van der Waals surface area contributed by atoms with E-state index in [1.54, 1.807) is 24.7 Å². The molecule has 202 valence electrons. The number of ether oxygens (including phenoxy) is 3. The number of hydrogen-bond acceptors (Lipinski definition) is 5. The Morgan fingerprint density at radius 3 is 2.67 bits per heavy atom. The van der Waals surface area contributed by atoms with Gasteiger partial charge in [0.2, 0.25) is 5.79 Å². The molecule has 4 aromatic rings. The lowest BCUT2D eigenvalue weighted by molar-refractivity contribution is -0.189. The zero-order valence-corrected chi connectivity index (χ0v) is 23.3. The summed E-state index contributed by atoms with van der Waals surface area (Å²) in [5.74, 6) is -0.287. The summed E-state index contributed by atoms with van der Waals surface area (Å²) in [7, 11) is 2.11. The molecule has 0 bridgehead atoms. The van der Waals surface area contributed by atoms with Crippen molar-refractivity contribution in [2.75, 3.05) is 26.8 Å². The first-order chi connectivity index (χ1) is 19.0. The maximum Gasteiger partial charge on any atom is 0.215 e. The summed E-state index contributed by atoms with van der Waals surface area (Å²) in [6.45, 7) is 2.82. The van der Waals surface area contributed by atoms with Crippen molar-refractivity contribution in [2.45, 2.75) is 25.0 Å². The van der Waals surface area contributed by atoms with Crippen molar-refractivity contribution >= 4 is 29.3 Å². The molecule has 0 spiro atoms. The van der Waals surface area contributed by atoms with E-state index in [9.17, 15) is 0 Å². The van der Waals surface area contributed by atoms with Crippen molar-refractivity contribution in [3.8, 4) is 5.75 Å². The molecular weight excluding hydrogens is 533 g/mol. The van der Waals surface area contributed by atoms with Gasteiger partial charge in [0.1, 0.15) is 18.5 Å². The van der Waals surface area contributed by atoms with Crippen LogP contribution in [0.4, 0.5) is 0 Å². The first-order valence-corrected chi connectivity index (χ1v) is 13.6. The van der Waals surface area contributed by atoms with Crippen LogP contribution in [0.3, 0.4) is 0 Å². The van der Waals surface area contributed by atoms with E-state index in [1.807, 2.05) is 47.2 Å². The van der Waals surface area contributed by atoms with E-state index < -0.39 is 5.79 Å². The molecule has 0 N–H and O–H groups in total. The van der Waals surface area contributed by atoms with Gasteiger partial charge in [0.15, 0.2) is 0 Å². The first-order valence-electron chi connectivity index (χ1n) is 12.8. The molecule has 2 atom stereocenters. The number of nitrogens with zero attached hydrogens (tertiary/aromatic N) is 3. The zero-order chi connectivity index (χ0) is 27.1. The van der Waals surface area contributed by atoms with Gasteiger partial charge in [-0.15, -0.1) is 0 Å². The van der Waals surface area contributed by atoms with Crippen LogP contribution in [0.2, 0.25) is 10.0 Å². The fraction of sp³-hybridized carbons (Fsp3) is 0.258. The van der Waals surface area contributed by atoms with Crippen LogP contribution in [0.1, 0.15) is 16.7 Å². The zero-order valence-electron chi connectivity index (χ0n) is 21.8. The Balaban J connectivity index is 1.15. The number of rotatable bonds is 11. The van der Waals surface area contributed by atoms with Crippen LogP contribution in [-0.2, 0) is 28.4 Å². The van der Waals surface area contributed by atoms with E-state index in [-0.39, 0.29) is 6.10 Å². The predicted molar refractivity (Wildman–Crippen MR) is 155 cm³/mol. The van der Waals surface area contributed by atoms with E-state index >= 15 is 0 Å². The molecule has 8 heteroatoms. The van der Waals surface area contributed by atoms with Crippen molar-refractivity contribution in [2.24, 2.45) is 0 Å². The van der Waals surface area contributed by atoms with E-state index in [2.05, 4.69) is 53.3 Å². The van der Waals surface area contributed by atoms with Gasteiger partial charge in [-0.25, -0.2) is 4.98 Å². The van der Waals surface area contributed by atoms with Gasteiger partial charge in [-0.2, -0.15) is 0 Å². The molecule has 0 amide bonds. The predicted octanol–water partition coefficient (Wildman–Crippen LogP) is 6.68. The largest absolute Gasteiger partial charge is 0.491 e. The molecule has 1 aromatic heterocycles. The molecule has 1 fully saturated rings. The normalized spacial score (nSPS) is 19.2. The van der Waals surface area contributed by atoms with E-state index in [4.69, 9.17) is 37.4 Å². The van der Waals surface area contributed by atoms with Crippen LogP contribution in [-0.4, -0.2) is 47.4 Å². The smallest absolute Gasteiger partial charge is 0.215 e. The van der Waals surface area contributed by atoms with Gasteiger partial charge in [-0.3, -0.25) is 4.90 Å². The number of benzene rings is 3. The Morgan fingerprint density at radius 1 is 1.10 bits per heavy atom. The molecule has 0 aliphatic carbocycles. The molecule has 2 unspecified atom stereocenters. The second kappa shape index (κ2) is 12.8. The molecule has 1 saturated heterocycles. The molecule has 2 heterocycles. The van der Waals surface area contributed by atoms with Gasteiger partial charge < -0.3 is 18.8 Å². The Labute approximate surface area is 239 Å². The maximum absolute atomic E-state index is 6.56. The minimum absolute atomic E-state index is 0.275. The van der Waals surface area contributed by atoms with Crippen molar-refractivity contribution in [3.05, 3.63) is 124 Å². The third kappa shape index (κ3) is 7.29. The van der Waals surface area contributed by atoms with Crippen LogP contribution in [0.5, 0.6) is 5.75 Å². The number of hydrogen-bond donors (Lipinski definition) is 0. The van der Waals surface area contributed by atoms with Gasteiger partial charge in [0.05, 0.1) is 24.5 Å². The van der Waals surface area contributed by atoms with Crippen molar-refractivity contribution in [1.82, 2.24) is 14.5 Å². The average molecular weight is 565 g/mol. The summed E-state index contributed by atoms with van der Waals surface area (Å²) < 4.78 is 20.7. The topological polar surface area (TPSA) is 48.8 Å². The van der Waals surface area contributed by atoms with Crippen LogP contribution in [0, 0.1) is 0 Å². The quantitative estimate of drug-likeness (QED) is 0.203. The minimum Gasteiger partial charge on any atom is -0.491 e. The highest BCUT2D eigenvalue weighted by atomic mass is 35.5. The second-order valence-corrected chi connectivity index (χ2v) is 10.5. The van der Waals surface area contributed by atoms with Gasteiger partial charge >= 0.3 is 0 Å². The Kier molecular flexibility index (Phi) is 9.02. The van der Waals surface area contributed by atoms with Crippen LogP contribution < -0.4 is 4.74 Å². The highest BCUT2D eigenvalue weighted by Crippen LogP contribution is 2.40. The highest BCUT2D eigenvalue weighted by Gasteiger charge is 2.45. The molecule has 6 nitrogen and oxygen atoms in total. The minimum atomic E-state index is -1.07. The molecule has 39 heavy (non-hydrogen) atoms. The maximum atomic E-state index is 6.56. The Morgan fingerprint density at radius 2 is 1.92 bits per heavy atom. The van der Waals surface area contributed by atoms with Gasteiger partial charge in [0, 0.05) is 36.1 Å². The molecule has 3 aromatic carbocycles. The van der Waals surface area contributed by atoms with Crippen LogP contribution in [0.15, 0.2) is 97.6 Å². The lowest BCUT2D eigenvalue weighted by Crippen LogP contribution is -2.34. The van der Waals surface area contributed by atoms with E-state index in [1.165, 1.54) is 11.1 Å². The molecular formula is C31H31Cl2N3O3. The van der Waals surface area contributed by atoms with Gasteiger partial charge in [-0.05, 0) is 42.4 Å². The van der Waals surface area contributed by atoms with Crippen LogP contribution in [0.25, 0.3) is 6.08 Å². The molecule has 1 aliphatic heterocycles. The third-order valence-corrected chi connectivity index (χ3v) is 7.04. The average Bonchev–Trinajstić information content (AvgIpc) is 3.59. The number of imidazole rings is 1. The molecule has 0 saturated carbocycles. The summed E-state index contributed by atoms with van der Waals surface area (Å²) in [4.78, 5) is 6.40. The van der Waals surface area contributed by atoms with Gasteiger partial charge in [-0.1, -0.05) is 83.9 Å². The fourth-order valence-electron chi connectivity index (χ4n) is 4.56. The summed E-state index contributed by atoms with van der Waals surface area (Å²) >= 11 is 12.7.